The van der Waals surface area contributed by atoms with Crippen LogP contribution >= 0.6 is 0 Å². The monoisotopic (exact) mass is 302 g/mol. The largest absolute Gasteiger partial charge is 0.354 e. The summed E-state index contributed by atoms with van der Waals surface area (Å²) in [5.74, 6) is 1.02. The molecule has 2 amide bonds. The first-order chi connectivity index (χ1) is 10.7. The lowest BCUT2D eigenvalue weighted by atomic mass is 9.84. The molecule has 3 aliphatic rings. The molecule has 0 bridgehead atoms. The topological polar surface area (TPSA) is 67.2 Å². The summed E-state index contributed by atoms with van der Waals surface area (Å²) in [6.45, 7) is 1.77. The van der Waals surface area contributed by atoms with Crippen molar-refractivity contribution in [2.75, 3.05) is 13.1 Å². The number of fused-ring (bicyclic) bond motifs is 1. The van der Waals surface area contributed by atoms with Crippen LogP contribution in [-0.4, -0.2) is 39.6 Å². The summed E-state index contributed by atoms with van der Waals surface area (Å²) in [4.78, 5) is 26.9. The second-order valence-corrected chi connectivity index (χ2v) is 6.82. The maximum atomic E-state index is 12.5. The number of rotatable bonds is 4. The van der Waals surface area contributed by atoms with Crippen molar-refractivity contribution < 1.29 is 9.59 Å². The fraction of sp³-hybridized carbons (Fsp3) is 0.688. The van der Waals surface area contributed by atoms with E-state index in [9.17, 15) is 9.59 Å². The van der Waals surface area contributed by atoms with Crippen LogP contribution in [0, 0.1) is 11.8 Å². The number of nitrogens with one attached hydrogen (secondary N) is 1. The van der Waals surface area contributed by atoms with Gasteiger partial charge in [0.25, 0.3) is 0 Å². The minimum absolute atomic E-state index is 0.0111. The molecule has 1 aliphatic heterocycles. The average Bonchev–Trinajstić information content (AvgIpc) is 3.17. The Morgan fingerprint density at radius 3 is 2.77 bits per heavy atom. The van der Waals surface area contributed by atoms with Gasteiger partial charge in [-0.1, -0.05) is 6.42 Å². The van der Waals surface area contributed by atoms with Gasteiger partial charge in [-0.15, -0.1) is 0 Å². The van der Waals surface area contributed by atoms with Crippen LogP contribution in [0.25, 0.3) is 0 Å². The Balaban J connectivity index is 1.49. The van der Waals surface area contributed by atoms with Crippen molar-refractivity contribution >= 4 is 11.8 Å². The zero-order chi connectivity index (χ0) is 15.1. The van der Waals surface area contributed by atoms with Gasteiger partial charge >= 0.3 is 0 Å². The summed E-state index contributed by atoms with van der Waals surface area (Å²) >= 11 is 0. The molecule has 6 heteroatoms. The van der Waals surface area contributed by atoms with E-state index in [1.54, 1.807) is 10.9 Å². The number of carbonyl (C=O) groups excluding carboxylic acids is 2. The molecule has 0 aromatic carbocycles. The van der Waals surface area contributed by atoms with Crippen LogP contribution in [0.15, 0.2) is 12.3 Å². The molecule has 1 aromatic heterocycles. The second-order valence-electron chi connectivity index (χ2n) is 6.82. The van der Waals surface area contributed by atoms with Crippen molar-refractivity contribution in [3.63, 3.8) is 0 Å². The van der Waals surface area contributed by atoms with E-state index < -0.39 is 0 Å². The number of hydrogen-bond acceptors (Lipinski definition) is 3. The van der Waals surface area contributed by atoms with E-state index >= 15 is 0 Å². The first-order valence-electron chi connectivity index (χ1n) is 8.31. The molecule has 22 heavy (non-hydrogen) atoms. The highest BCUT2D eigenvalue weighted by Gasteiger charge is 2.37. The number of amides is 2. The smallest absolute Gasteiger partial charge is 0.246 e. The van der Waals surface area contributed by atoms with Crippen LogP contribution in [0.5, 0.6) is 0 Å². The summed E-state index contributed by atoms with van der Waals surface area (Å²) in [5, 5.41) is 7.32. The predicted octanol–water partition coefficient (Wildman–Crippen LogP) is 1.09. The van der Waals surface area contributed by atoms with Crippen LogP contribution in [0.2, 0.25) is 0 Å². The molecule has 6 nitrogen and oxygen atoms in total. The van der Waals surface area contributed by atoms with Gasteiger partial charge < -0.3 is 10.2 Å². The lowest BCUT2D eigenvalue weighted by Crippen LogP contribution is -2.49. The van der Waals surface area contributed by atoms with E-state index in [1.165, 1.54) is 12.8 Å². The van der Waals surface area contributed by atoms with E-state index in [0.29, 0.717) is 19.0 Å². The lowest BCUT2D eigenvalue weighted by molar-refractivity contribution is -0.141. The van der Waals surface area contributed by atoms with E-state index in [0.717, 1.165) is 31.5 Å². The predicted molar refractivity (Wildman–Crippen MR) is 79.8 cm³/mol. The minimum atomic E-state index is -0.387. The Morgan fingerprint density at radius 2 is 2.09 bits per heavy atom. The van der Waals surface area contributed by atoms with Gasteiger partial charge in [0.1, 0.15) is 6.04 Å². The van der Waals surface area contributed by atoms with E-state index in [4.69, 9.17) is 0 Å². The molecular weight excluding hydrogens is 280 g/mol. The first kappa shape index (κ1) is 13.8. The molecule has 0 spiro atoms. The number of hydrogen-bond donors (Lipinski definition) is 1. The van der Waals surface area contributed by atoms with Gasteiger partial charge in [-0.25, -0.2) is 0 Å². The number of carbonyl (C=O) groups is 2. The molecule has 0 radical (unpaired) electrons. The Kier molecular flexibility index (Phi) is 3.39. The molecular formula is C16H22N4O2. The van der Waals surface area contributed by atoms with Gasteiger partial charge in [0.05, 0.1) is 18.8 Å². The minimum Gasteiger partial charge on any atom is -0.354 e. The summed E-state index contributed by atoms with van der Waals surface area (Å²) in [6.07, 6.45) is 7.27. The second kappa shape index (κ2) is 5.41. The first-order valence-corrected chi connectivity index (χ1v) is 8.31. The number of nitrogens with zero attached hydrogens (tertiary/aromatic N) is 3. The molecule has 4 rings (SSSR count). The molecule has 2 aliphatic carbocycles. The van der Waals surface area contributed by atoms with Crippen LogP contribution in [0.4, 0.5) is 0 Å². The van der Waals surface area contributed by atoms with Gasteiger partial charge in [0.2, 0.25) is 11.8 Å². The van der Waals surface area contributed by atoms with Crippen molar-refractivity contribution in [1.82, 2.24) is 20.0 Å². The van der Waals surface area contributed by atoms with Gasteiger partial charge in [0, 0.05) is 18.7 Å². The maximum absolute atomic E-state index is 12.5. The molecule has 1 N–H and O–H groups in total. The fourth-order valence-electron chi connectivity index (χ4n) is 3.25. The standard InChI is InChI=1S/C16H22N4O2/c21-15(17-8-11-4-5-11)14-10-19(16(22)12-2-1-3-12)9-13-6-7-18-20(13)14/h6-7,11-12,14H,1-5,8-10H2,(H,17,21)/t14-/m1/s1. The Labute approximate surface area is 129 Å². The van der Waals surface area contributed by atoms with Crippen LogP contribution < -0.4 is 5.32 Å². The molecule has 118 valence electrons. The third-order valence-corrected chi connectivity index (χ3v) is 5.12. The highest BCUT2D eigenvalue weighted by Crippen LogP contribution is 2.31. The van der Waals surface area contributed by atoms with Crippen LogP contribution in [0.1, 0.15) is 43.8 Å². The van der Waals surface area contributed by atoms with Gasteiger partial charge in [-0.2, -0.15) is 5.10 Å². The Morgan fingerprint density at radius 1 is 1.27 bits per heavy atom. The maximum Gasteiger partial charge on any atom is 0.246 e. The fourth-order valence-corrected chi connectivity index (χ4v) is 3.25. The van der Waals surface area contributed by atoms with Crippen molar-refractivity contribution in [3.05, 3.63) is 18.0 Å². The Bertz CT molecular complexity index is 589. The highest BCUT2D eigenvalue weighted by atomic mass is 16.2. The average molecular weight is 302 g/mol. The highest BCUT2D eigenvalue weighted by molar-refractivity contribution is 5.83. The summed E-state index contributed by atoms with van der Waals surface area (Å²) in [7, 11) is 0. The normalized spacial score (nSPS) is 24.5. The zero-order valence-electron chi connectivity index (χ0n) is 12.7. The summed E-state index contributed by atoms with van der Waals surface area (Å²) in [6, 6.07) is 1.52. The molecule has 1 atom stereocenters. The number of aromatic nitrogens is 2. The molecule has 0 unspecified atom stereocenters. The van der Waals surface area contributed by atoms with E-state index in [1.807, 2.05) is 11.0 Å². The third kappa shape index (κ3) is 2.51. The van der Waals surface area contributed by atoms with Crippen LogP contribution in [0.3, 0.4) is 0 Å². The molecule has 2 fully saturated rings. The lowest BCUT2D eigenvalue weighted by Gasteiger charge is -2.37. The van der Waals surface area contributed by atoms with Crippen molar-refractivity contribution in [1.29, 1.82) is 0 Å². The van der Waals surface area contributed by atoms with Gasteiger partial charge in [0.15, 0.2) is 0 Å². The van der Waals surface area contributed by atoms with Crippen LogP contribution in [-0.2, 0) is 16.1 Å². The molecule has 2 heterocycles. The zero-order valence-corrected chi connectivity index (χ0v) is 12.7. The van der Waals surface area contributed by atoms with Crippen molar-refractivity contribution in [3.8, 4) is 0 Å². The molecule has 0 saturated heterocycles. The van der Waals surface area contributed by atoms with Gasteiger partial charge in [-0.3, -0.25) is 14.3 Å². The Hall–Kier alpha value is -1.85. The SMILES string of the molecule is O=C(NCC1CC1)[C@H]1CN(C(=O)C2CCC2)Cc2ccnn21. The van der Waals surface area contributed by atoms with E-state index in [2.05, 4.69) is 10.4 Å². The van der Waals surface area contributed by atoms with Crippen molar-refractivity contribution in [2.24, 2.45) is 11.8 Å². The third-order valence-electron chi connectivity index (χ3n) is 5.12. The van der Waals surface area contributed by atoms with Gasteiger partial charge in [-0.05, 0) is 37.7 Å². The van der Waals surface area contributed by atoms with Crippen molar-refractivity contribution in [2.45, 2.75) is 44.7 Å². The quantitative estimate of drug-likeness (QED) is 0.905. The van der Waals surface area contributed by atoms with E-state index in [-0.39, 0.29) is 23.8 Å². The summed E-state index contributed by atoms with van der Waals surface area (Å²) < 4.78 is 1.78. The molecule has 1 aromatic rings. The summed E-state index contributed by atoms with van der Waals surface area (Å²) in [5.41, 5.74) is 0.950. The molecule has 2 saturated carbocycles.